The summed E-state index contributed by atoms with van der Waals surface area (Å²) in [6.45, 7) is 8.70. The summed E-state index contributed by atoms with van der Waals surface area (Å²) in [7, 11) is 0. The largest absolute Gasteiger partial charge is 0.381 e. The average molecular weight is 559 g/mol. The first kappa shape index (κ1) is 25.9. The van der Waals surface area contributed by atoms with Gasteiger partial charge in [-0.25, -0.2) is 18.3 Å². The van der Waals surface area contributed by atoms with Crippen molar-refractivity contribution in [2.45, 2.75) is 58.9 Å². The third-order valence-electron chi connectivity index (χ3n) is 8.30. The number of hydrogen-bond donors (Lipinski definition) is 0. The first-order chi connectivity index (χ1) is 19.7. The molecule has 212 valence electrons. The number of halogens is 2. The van der Waals surface area contributed by atoms with E-state index in [9.17, 15) is 9.18 Å². The fourth-order valence-corrected chi connectivity index (χ4v) is 6.09. The SMILES string of the molecule is Cc1cc(-n2nc3c(c2-n2ccn(-c4ccc5c(cnn5C5CC5)c4F)c2=O)[C@@H](C)COC[C@@H](C)C3)cc(C)c1F. The van der Waals surface area contributed by atoms with Crippen molar-refractivity contribution in [3.8, 4) is 17.2 Å². The normalized spacial score (nSPS) is 19.4. The van der Waals surface area contributed by atoms with Gasteiger partial charge in [-0.15, -0.1) is 0 Å². The average Bonchev–Trinajstić information content (AvgIpc) is 3.41. The minimum absolute atomic E-state index is 0.0551. The highest BCUT2D eigenvalue weighted by molar-refractivity contribution is 5.82. The second-order valence-corrected chi connectivity index (χ2v) is 11.7. The molecule has 0 spiro atoms. The van der Waals surface area contributed by atoms with Crippen molar-refractivity contribution in [1.82, 2.24) is 28.7 Å². The summed E-state index contributed by atoms with van der Waals surface area (Å²) in [5.74, 6) is -0.0235. The van der Waals surface area contributed by atoms with Crippen LogP contribution in [0.4, 0.5) is 8.78 Å². The smallest absolute Gasteiger partial charge is 0.338 e. The zero-order valence-corrected chi connectivity index (χ0v) is 23.6. The summed E-state index contributed by atoms with van der Waals surface area (Å²) in [6, 6.07) is 7.26. The Hall–Kier alpha value is -4.05. The number of aromatic nitrogens is 6. The number of benzene rings is 2. The monoisotopic (exact) mass is 558 g/mol. The number of hydrogen-bond acceptors (Lipinski definition) is 4. The van der Waals surface area contributed by atoms with Crippen LogP contribution in [-0.4, -0.2) is 41.9 Å². The van der Waals surface area contributed by atoms with Crippen LogP contribution in [0, 0.1) is 31.4 Å². The van der Waals surface area contributed by atoms with Crippen molar-refractivity contribution < 1.29 is 13.5 Å². The zero-order valence-electron chi connectivity index (χ0n) is 23.6. The van der Waals surface area contributed by atoms with Crippen LogP contribution in [0.1, 0.15) is 61.0 Å². The summed E-state index contributed by atoms with van der Waals surface area (Å²) in [5.41, 5.74) is 3.87. The molecule has 4 heterocycles. The van der Waals surface area contributed by atoms with E-state index in [0.29, 0.717) is 53.7 Å². The minimum atomic E-state index is -0.488. The van der Waals surface area contributed by atoms with Crippen LogP contribution in [-0.2, 0) is 11.2 Å². The Morgan fingerprint density at radius 2 is 1.71 bits per heavy atom. The highest BCUT2D eigenvalue weighted by Crippen LogP contribution is 2.38. The Balaban J connectivity index is 1.43. The molecular weight excluding hydrogens is 526 g/mol. The highest BCUT2D eigenvalue weighted by Gasteiger charge is 2.30. The second kappa shape index (κ2) is 9.51. The molecule has 10 heteroatoms. The number of rotatable bonds is 4. The molecule has 1 saturated carbocycles. The van der Waals surface area contributed by atoms with Gasteiger partial charge in [-0.05, 0) is 74.4 Å². The molecule has 7 rings (SSSR count). The molecule has 2 aromatic carbocycles. The molecule has 1 fully saturated rings. The van der Waals surface area contributed by atoms with Gasteiger partial charge >= 0.3 is 5.69 Å². The number of fused-ring (bicyclic) bond motifs is 2. The van der Waals surface area contributed by atoms with Gasteiger partial charge in [-0.2, -0.15) is 10.2 Å². The van der Waals surface area contributed by atoms with Crippen molar-refractivity contribution in [2.75, 3.05) is 13.2 Å². The van der Waals surface area contributed by atoms with E-state index in [-0.39, 0.29) is 23.3 Å². The number of aryl methyl sites for hydroxylation is 2. The maximum atomic E-state index is 15.8. The van der Waals surface area contributed by atoms with Crippen LogP contribution in [0.2, 0.25) is 0 Å². The third-order valence-corrected chi connectivity index (χ3v) is 8.30. The molecule has 0 unspecified atom stereocenters. The summed E-state index contributed by atoms with van der Waals surface area (Å²) >= 11 is 0. The molecule has 0 bridgehead atoms. The van der Waals surface area contributed by atoms with Gasteiger partial charge in [0, 0.05) is 30.5 Å². The molecule has 2 atom stereocenters. The van der Waals surface area contributed by atoms with E-state index in [4.69, 9.17) is 9.84 Å². The van der Waals surface area contributed by atoms with Crippen molar-refractivity contribution in [2.24, 2.45) is 5.92 Å². The number of ether oxygens (including phenoxy) is 1. The Morgan fingerprint density at radius 3 is 2.44 bits per heavy atom. The van der Waals surface area contributed by atoms with E-state index >= 15 is 4.39 Å². The lowest BCUT2D eigenvalue weighted by Crippen LogP contribution is -2.26. The molecule has 8 nitrogen and oxygen atoms in total. The first-order valence-electron chi connectivity index (χ1n) is 14.2. The summed E-state index contributed by atoms with van der Waals surface area (Å²) in [6.07, 6.45) is 7.51. The molecule has 0 radical (unpaired) electrons. The van der Waals surface area contributed by atoms with E-state index in [0.717, 1.165) is 29.6 Å². The molecule has 1 aliphatic carbocycles. The van der Waals surface area contributed by atoms with Gasteiger partial charge in [0.15, 0.2) is 5.82 Å². The third kappa shape index (κ3) is 4.15. The molecular formula is C31H32F2N6O2. The van der Waals surface area contributed by atoms with Gasteiger partial charge in [0.25, 0.3) is 0 Å². The Morgan fingerprint density at radius 1 is 0.976 bits per heavy atom. The van der Waals surface area contributed by atoms with E-state index in [2.05, 4.69) is 18.9 Å². The lowest BCUT2D eigenvalue weighted by molar-refractivity contribution is 0.0906. The fraction of sp³-hybridized carbons (Fsp3) is 0.387. The van der Waals surface area contributed by atoms with E-state index in [1.807, 2.05) is 10.7 Å². The summed E-state index contributed by atoms with van der Waals surface area (Å²) in [5, 5.41) is 9.79. The quantitative estimate of drug-likeness (QED) is 0.284. The predicted molar refractivity (Wildman–Crippen MR) is 152 cm³/mol. The van der Waals surface area contributed by atoms with Crippen molar-refractivity contribution in [3.05, 3.63) is 87.4 Å². The Bertz CT molecular complexity index is 1850. The predicted octanol–water partition coefficient (Wildman–Crippen LogP) is 5.71. The molecule has 5 aromatic rings. The van der Waals surface area contributed by atoms with Gasteiger partial charge in [0.2, 0.25) is 0 Å². The number of nitrogens with zero attached hydrogens (tertiary/aromatic N) is 6. The maximum Gasteiger partial charge on any atom is 0.338 e. The lowest BCUT2D eigenvalue weighted by atomic mass is 9.94. The van der Waals surface area contributed by atoms with Crippen molar-refractivity contribution in [1.29, 1.82) is 0 Å². The molecule has 1 aliphatic heterocycles. The van der Waals surface area contributed by atoms with Gasteiger partial charge < -0.3 is 4.74 Å². The van der Waals surface area contributed by atoms with E-state index < -0.39 is 11.5 Å². The Labute approximate surface area is 235 Å². The molecule has 0 saturated heterocycles. The van der Waals surface area contributed by atoms with E-state index in [1.165, 1.54) is 15.3 Å². The highest BCUT2D eigenvalue weighted by atomic mass is 19.1. The molecule has 0 amide bonds. The van der Waals surface area contributed by atoms with E-state index in [1.54, 1.807) is 49.1 Å². The van der Waals surface area contributed by atoms with Crippen LogP contribution in [0.15, 0.2) is 47.7 Å². The van der Waals surface area contributed by atoms with Crippen molar-refractivity contribution in [3.63, 3.8) is 0 Å². The fourth-order valence-electron chi connectivity index (χ4n) is 6.09. The first-order valence-corrected chi connectivity index (χ1v) is 14.2. The van der Waals surface area contributed by atoms with Crippen LogP contribution in [0.25, 0.3) is 28.1 Å². The topological polar surface area (TPSA) is 71.8 Å². The summed E-state index contributed by atoms with van der Waals surface area (Å²) in [4.78, 5) is 14.1. The standard InChI is InChI=1S/C31H32F2N6O2/c1-17-11-24-27(20(4)16-41-15-17)30(39(35-24)22-12-18(2)28(32)19(3)13-22)37-10-9-36(31(37)40)26-8-7-25-23(29(26)33)14-34-38(25)21-5-6-21/h7-10,12-14,17,20-21H,5-6,11,15-16H2,1-4H3/t17-,20-/m0/s1. The van der Waals surface area contributed by atoms with Gasteiger partial charge in [0.1, 0.15) is 11.6 Å². The molecule has 41 heavy (non-hydrogen) atoms. The maximum absolute atomic E-state index is 15.8. The van der Waals surface area contributed by atoms with Crippen LogP contribution in [0.5, 0.6) is 0 Å². The van der Waals surface area contributed by atoms with Gasteiger partial charge in [-0.3, -0.25) is 13.8 Å². The van der Waals surface area contributed by atoms with Crippen LogP contribution >= 0.6 is 0 Å². The Kier molecular flexibility index (Phi) is 6.01. The lowest BCUT2D eigenvalue weighted by Gasteiger charge is -2.21. The second-order valence-electron chi connectivity index (χ2n) is 11.7. The minimum Gasteiger partial charge on any atom is -0.381 e. The zero-order chi connectivity index (χ0) is 28.6. The molecule has 3 aromatic heterocycles. The van der Waals surface area contributed by atoms with Crippen LogP contribution in [0.3, 0.4) is 0 Å². The number of imidazole rings is 1. The molecule has 2 aliphatic rings. The summed E-state index contributed by atoms with van der Waals surface area (Å²) < 4.78 is 42.8. The van der Waals surface area contributed by atoms with Gasteiger partial charge in [0.05, 0.1) is 46.8 Å². The molecule has 0 N–H and O–H groups in total. The van der Waals surface area contributed by atoms with Crippen molar-refractivity contribution >= 4 is 10.9 Å². The van der Waals surface area contributed by atoms with Crippen LogP contribution < -0.4 is 5.69 Å². The van der Waals surface area contributed by atoms with Gasteiger partial charge in [-0.1, -0.05) is 13.8 Å².